The van der Waals surface area contributed by atoms with Crippen molar-refractivity contribution < 1.29 is 4.79 Å². The average Bonchev–Trinajstić information content (AvgIpc) is 2.77. The summed E-state index contributed by atoms with van der Waals surface area (Å²) in [6, 6.07) is 1.65. The summed E-state index contributed by atoms with van der Waals surface area (Å²) < 4.78 is 0.842. The zero-order chi connectivity index (χ0) is 12.4. The predicted octanol–water partition coefficient (Wildman–Crippen LogP) is 1.14. The van der Waals surface area contributed by atoms with Crippen LogP contribution >= 0.6 is 15.9 Å². The molecule has 1 aromatic rings. The maximum absolute atomic E-state index is 11.7. The van der Waals surface area contributed by atoms with E-state index in [2.05, 4.69) is 26.2 Å². The zero-order valence-electron chi connectivity index (χ0n) is 9.61. The second-order valence-electron chi connectivity index (χ2n) is 4.03. The molecule has 6 heteroatoms. The lowest BCUT2D eigenvalue weighted by Gasteiger charge is -2.25. The quantitative estimate of drug-likeness (QED) is 0.859. The first kappa shape index (κ1) is 12.2. The van der Waals surface area contributed by atoms with Gasteiger partial charge in [-0.3, -0.25) is 4.79 Å². The number of nitrogens with two attached hydrogens (primary N) is 1. The molecule has 1 aromatic heterocycles. The molecule has 0 aromatic carbocycles. The molecule has 1 atom stereocenters. The van der Waals surface area contributed by atoms with Gasteiger partial charge in [0.25, 0.3) is 0 Å². The van der Waals surface area contributed by atoms with Crippen LogP contribution in [0.4, 0.5) is 11.5 Å². The highest BCUT2D eigenvalue weighted by Gasteiger charge is 2.31. The molecule has 1 aliphatic heterocycles. The molecule has 0 saturated carbocycles. The maximum Gasteiger partial charge on any atom is 0.242 e. The van der Waals surface area contributed by atoms with E-state index in [0.717, 1.165) is 23.9 Å². The Bertz CT molecular complexity index is 437. The van der Waals surface area contributed by atoms with E-state index >= 15 is 0 Å². The van der Waals surface area contributed by atoms with E-state index in [1.807, 2.05) is 11.0 Å². The molecule has 5 nitrogen and oxygen atoms in total. The van der Waals surface area contributed by atoms with Crippen molar-refractivity contribution in [3.8, 4) is 0 Å². The Morgan fingerprint density at radius 2 is 2.47 bits per heavy atom. The molecule has 1 unspecified atom stereocenters. The molecule has 1 fully saturated rings. The normalized spacial score (nSPS) is 19.4. The van der Waals surface area contributed by atoms with E-state index in [1.165, 1.54) is 0 Å². The third-order valence-corrected chi connectivity index (χ3v) is 3.37. The Morgan fingerprint density at radius 1 is 1.71 bits per heavy atom. The molecular weight excluding hydrogens is 284 g/mol. The topological polar surface area (TPSA) is 71.2 Å². The number of amides is 1. The molecule has 0 bridgehead atoms. The average molecular weight is 299 g/mol. The second-order valence-corrected chi connectivity index (χ2v) is 4.95. The van der Waals surface area contributed by atoms with Gasteiger partial charge in [0, 0.05) is 24.3 Å². The largest absolute Gasteiger partial charge is 0.396 e. The minimum absolute atomic E-state index is 0.0200. The number of likely N-dealkylation sites (N-methyl/N-ethyl adjacent to an activating group) is 1. The molecule has 1 saturated heterocycles. The van der Waals surface area contributed by atoms with Crippen LogP contribution in [0.15, 0.2) is 16.7 Å². The highest BCUT2D eigenvalue weighted by molar-refractivity contribution is 9.10. The van der Waals surface area contributed by atoms with E-state index in [9.17, 15) is 4.79 Å². The minimum atomic E-state index is -0.157. The molecule has 17 heavy (non-hydrogen) atoms. The van der Waals surface area contributed by atoms with E-state index in [-0.39, 0.29) is 11.9 Å². The van der Waals surface area contributed by atoms with Crippen molar-refractivity contribution in [2.45, 2.75) is 18.9 Å². The fourth-order valence-corrected chi connectivity index (χ4v) is 2.50. The van der Waals surface area contributed by atoms with Crippen LogP contribution in [0.3, 0.4) is 0 Å². The minimum Gasteiger partial charge on any atom is -0.396 e. The van der Waals surface area contributed by atoms with Gasteiger partial charge in [-0.1, -0.05) is 0 Å². The van der Waals surface area contributed by atoms with Gasteiger partial charge in [0.2, 0.25) is 5.91 Å². The molecule has 2 heterocycles. The summed E-state index contributed by atoms with van der Waals surface area (Å²) in [4.78, 5) is 18.0. The number of carbonyl (C=O) groups is 1. The number of rotatable bonds is 2. The molecule has 0 spiro atoms. The lowest BCUT2D eigenvalue weighted by Crippen LogP contribution is -2.42. The molecule has 3 N–H and O–H groups in total. The molecule has 1 aliphatic rings. The first-order valence-electron chi connectivity index (χ1n) is 5.52. The number of hydrogen-bond acceptors (Lipinski definition) is 4. The van der Waals surface area contributed by atoms with Gasteiger partial charge in [0.15, 0.2) is 5.82 Å². The van der Waals surface area contributed by atoms with Gasteiger partial charge in [-0.05, 0) is 34.8 Å². The van der Waals surface area contributed by atoms with Crippen LogP contribution in [0.2, 0.25) is 0 Å². The second kappa shape index (κ2) is 4.91. The Kier molecular flexibility index (Phi) is 3.51. The third-order valence-electron chi connectivity index (χ3n) is 2.94. The number of hydrogen-bond donors (Lipinski definition) is 2. The number of anilines is 2. The number of carbonyl (C=O) groups excluding carboxylic acids is 1. The van der Waals surface area contributed by atoms with Crippen molar-refractivity contribution in [3.63, 3.8) is 0 Å². The summed E-state index contributed by atoms with van der Waals surface area (Å²) in [5, 5.41) is 2.68. The van der Waals surface area contributed by atoms with Gasteiger partial charge >= 0.3 is 0 Å². The number of halogens is 1. The number of pyridine rings is 1. The monoisotopic (exact) mass is 298 g/mol. The van der Waals surface area contributed by atoms with Crippen molar-refractivity contribution in [1.82, 2.24) is 10.3 Å². The summed E-state index contributed by atoms with van der Waals surface area (Å²) in [6.45, 7) is 0.816. The molecule has 0 aliphatic carbocycles. The van der Waals surface area contributed by atoms with E-state index in [0.29, 0.717) is 11.5 Å². The Hall–Kier alpha value is -1.30. The van der Waals surface area contributed by atoms with Crippen LogP contribution in [0.25, 0.3) is 0 Å². The molecule has 92 valence electrons. The van der Waals surface area contributed by atoms with E-state index in [4.69, 9.17) is 5.73 Å². The summed E-state index contributed by atoms with van der Waals surface area (Å²) in [6.07, 6.45) is 3.52. The van der Waals surface area contributed by atoms with Crippen LogP contribution in [-0.4, -0.2) is 30.5 Å². The van der Waals surface area contributed by atoms with Gasteiger partial charge in [0.05, 0.1) is 5.69 Å². The standard InChI is InChI=1S/C11H15BrN4O/c1-14-11(17)9-3-2-4-16(9)10-8(13)5-7(12)6-15-10/h5-6,9H,2-4,13H2,1H3,(H,14,17). The zero-order valence-corrected chi connectivity index (χ0v) is 11.2. The van der Waals surface area contributed by atoms with Gasteiger partial charge in [-0.2, -0.15) is 0 Å². The number of aromatic nitrogens is 1. The van der Waals surface area contributed by atoms with E-state index in [1.54, 1.807) is 13.2 Å². The molecule has 0 radical (unpaired) electrons. The summed E-state index contributed by atoms with van der Waals surface area (Å²) in [5.74, 6) is 0.714. The lowest BCUT2D eigenvalue weighted by atomic mass is 10.2. The highest BCUT2D eigenvalue weighted by atomic mass is 79.9. The smallest absolute Gasteiger partial charge is 0.242 e. The van der Waals surface area contributed by atoms with E-state index < -0.39 is 0 Å². The summed E-state index contributed by atoms with van der Waals surface area (Å²) >= 11 is 3.32. The van der Waals surface area contributed by atoms with Crippen LogP contribution in [0.1, 0.15) is 12.8 Å². The van der Waals surface area contributed by atoms with Crippen molar-refractivity contribution in [2.75, 3.05) is 24.2 Å². The molecule has 2 rings (SSSR count). The molecule has 1 amide bonds. The van der Waals surface area contributed by atoms with Crippen molar-refractivity contribution in [1.29, 1.82) is 0 Å². The van der Waals surface area contributed by atoms with Crippen molar-refractivity contribution in [2.24, 2.45) is 0 Å². The fraction of sp³-hybridized carbons (Fsp3) is 0.455. The van der Waals surface area contributed by atoms with Crippen LogP contribution < -0.4 is 16.0 Å². The fourth-order valence-electron chi connectivity index (χ4n) is 2.15. The van der Waals surface area contributed by atoms with Gasteiger partial charge in [-0.25, -0.2) is 4.98 Å². The number of nitrogen functional groups attached to an aromatic ring is 1. The van der Waals surface area contributed by atoms with Crippen LogP contribution in [0, 0.1) is 0 Å². The summed E-state index contributed by atoms with van der Waals surface area (Å²) in [7, 11) is 1.65. The Labute approximate surface area is 109 Å². The summed E-state index contributed by atoms with van der Waals surface area (Å²) in [5.41, 5.74) is 6.53. The Balaban J connectivity index is 2.29. The lowest BCUT2D eigenvalue weighted by molar-refractivity contribution is -0.121. The maximum atomic E-state index is 11.7. The van der Waals surface area contributed by atoms with Gasteiger partial charge in [0.1, 0.15) is 6.04 Å². The molecular formula is C11H15BrN4O. The van der Waals surface area contributed by atoms with Crippen LogP contribution in [0.5, 0.6) is 0 Å². The highest BCUT2D eigenvalue weighted by Crippen LogP contribution is 2.29. The predicted molar refractivity (Wildman–Crippen MR) is 70.8 cm³/mol. The van der Waals surface area contributed by atoms with Gasteiger partial charge < -0.3 is 16.0 Å². The van der Waals surface area contributed by atoms with Crippen LogP contribution in [-0.2, 0) is 4.79 Å². The SMILES string of the molecule is CNC(=O)C1CCCN1c1ncc(Br)cc1N. The van der Waals surface area contributed by atoms with Crippen molar-refractivity contribution in [3.05, 3.63) is 16.7 Å². The third kappa shape index (κ3) is 2.36. The first-order valence-corrected chi connectivity index (χ1v) is 6.32. The van der Waals surface area contributed by atoms with Crippen molar-refractivity contribution >= 4 is 33.3 Å². The number of nitrogens with zero attached hydrogens (tertiary/aromatic N) is 2. The number of nitrogens with one attached hydrogen (secondary N) is 1. The Morgan fingerprint density at radius 3 is 3.12 bits per heavy atom. The first-order chi connectivity index (χ1) is 8.13. The van der Waals surface area contributed by atoms with Gasteiger partial charge in [-0.15, -0.1) is 0 Å².